The molecule has 27 heavy (non-hydrogen) atoms. The Morgan fingerprint density at radius 2 is 2.07 bits per heavy atom. The van der Waals surface area contributed by atoms with E-state index in [0.717, 1.165) is 11.8 Å². The molecule has 0 unspecified atom stereocenters. The summed E-state index contributed by atoms with van der Waals surface area (Å²) in [5.41, 5.74) is 0.608. The molecular weight excluding hydrogens is 384 g/mol. The van der Waals surface area contributed by atoms with Crippen LogP contribution in [0.25, 0.3) is 17.4 Å². The number of carboxylic acids is 1. The fourth-order valence-electron chi connectivity index (χ4n) is 2.78. The first-order valence-corrected chi connectivity index (χ1v) is 9.58. The molecule has 0 amide bonds. The molecule has 3 heterocycles. The van der Waals surface area contributed by atoms with E-state index in [2.05, 4.69) is 4.98 Å². The number of ketones is 1. The normalized spacial score (nSPS) is 18.4. The maximum Gasteiger partial charge on any atom is 0.336 e. The van der Waals surface area contributed by atoms with Crippen molar-refractivity contribution in [1.82, 2.24) is 4.98 Å². The zero-order chi connectivity index (χ0) is 19.0. The summed E-state index contributed by atoms with van der Waals surface area (Å²) in [6.45, 7) is 0. The van der Waals surface area contributed by atoms with Crippen LogP contribution in [0.5, 0.6) is 0 Å². The molecular formula is C19H12N2O4S2. The Kier molecular flexibility index (Phi) is 4.51. The van der Waals surface area contributed by atoms with E-state index in [0.29, 0.717) is 27.0 Å². The number of furan rings is 1. The quantitative estimate of drug-likeness (QED) is 0.628. The van der Waals surface area contributed by atoms with Crippen LogP contribution in [0.2, 0.25) is 0 Å². The number of hydrogen-bond donors (Lipinski definition) is 2. The predicted octanol–water partition coefficient (Wildman–Crippen LogP) is 4.52. The number of carbonyl (C=O) groups excluding carboxylic acids is 1. The minimum Gasteiger partial charge on any atom is -0.478 e. The van der Waals surface area contributed by atoms with Crippen LogP contribution in [-0.2, 0) is 4.79 Å². The number of Topliss-reactive ketones (excluding diaryl/α,β-unsaturated/α-hetero) is 1. The van der Waals surface area contributed by atoms with Crippen molar-refractivity contribution in [2.24, 2.45) is 0 Å². The zero-order valence-corrected chi connectivity index (χ0v) is 15.3. The second-order valence-electron chi connectivity index (χ2n) is 5.70. The molecule has 3 aromatic rings. The number of allylic oxidation sites excluding steroid dienone is 1. The molecule has 0 spiro atoms. The van der Waals surface area contributed by atoms with Crippen LogP contribution in [0.3, 0.4) is 0 Å². The first kappa shape index (κ1) is 17.4. The van der Waals surface area contributed by atoms with Crippen molar-refractivity contribution in [2.75, 3.05) is 0 Å². The SMILES string of the molecule is N=C1S/C(=C\c2ccc(-c3ccccc3C(=O)O)o2)C(=O)[C@H]1c1nccs1. The van der Waals surface area contributed by atoms with Gasteiger partial charge < -0.3 is 9.52 Å². The minimum atomic E-state index is -1.04. The van der Waals surface area contributed by atoms with Gasteiger partial charge in [-0.25, -0.2) is 9.78 Å². The second-order valence-corrected chi connectivity index (χ2v) is 7.71. The molecule has 2 aromatic heterocycles. The van der Waals surface area contributed by atoms with Gasteiger partial charge in [0.2, 0.25) is 0 Å². The lowest BCUT2D eigenvalue weighted by molar-refractivity contribution is -0.114. The van der Waals surface area contributed by atoms with Gasteiger partial charge in [0, 0.05) is 17.1 Å². The average molecular weight is 396 g/mol. The third-order valence-corrected chi connectivity index (χ3v) is 5.84. The molecule has 1 aliphatic rings. The van der Waals surface area contributed by atoms with E-state index in [-0.39, 0.29) is 16.4 Å². The lowest BCUT2D eigenvalue weighted by Crippen LogP contribution is -2.11. The van der Waals surface area contributed by atoms with Crippen LogP contribution in [0.1, 0.15) is 27.0 Å². The van der Waals surface area contributed by atoms with Gasteiger partial charge in [0.15, 0.2) is 5.78 Å². The van der Waals surface area contributed by atoms with Crippen molar-refractivity contribution >= 4 is 46.0 Å². The number of aromatic nitrogens is 1. The van der Waals surface area contributed by atoms with Gasteiger partial charge >= 0.3 is 5.97 Å². The van der Waals surface area contributed by atoms with Gasteiger partial charge in [0.05, 0.1) is 15.5 Å². The van der Waals surface area contributed by atoms with Crippen molar-refractivity contribution in [3.63, 3.8) is 0 Å². The summed E-state index contributed by atoms with van der Waals surface area (Å²) in [5.74, 6) is -1.04. The number of nitrogens with zero attached hydrogens (tertiary/aromatic N) is 1. The Morgan fingerprint density at radius 3 is 2.81 bits per heavy atom. The highest BCUT2D eigenvalue weighted by molar-refractivity contribution is 8.19. The van der Waals surface area contributed by atoms with Gasteiger partial charge in [-0.05, 0) is 24.3 Å². The summed E-state index contributed by atoms with van der Waals surface area (Å²) in [4.78, 5) is 28.6. The smallest absolute Gasteiger partial charge is 0.336 e. The summed E-state index contributed by atoms with van der Waals surface area (Å²) < 4.78 is 5.74. The van der Waals surface area contributed by atoms with Crippen LogP contribution < -0.4 is 0 Å². The molecule has 1 aromatic carbocycles. The van der Waals surface area contributed by atoms with Gasteiger partial charge in [0.25, 0.3) is 0 Å². The number of aromatic carboxylic acids is 1. The molecule has 0 bridgehead atoms. The maximum atomic E-state index is 12.7. The van der Waals surface area contributed by atoms with Crippen LogP contribution in [-0.4, -0.2) is 26.9 Å². The summed E-state index contributed by atoms with van der Waals surface area (Å²) >= 11 is 2.44. The summed E-state index contributed by atoms with van der Waals surface area (Å²) in [6, 6.07) is 9.91. The number of thioether (sulfide) groups is 1. The number of carboxylic acid groups (broad SMARTS) is 1. The van der Waals surface area contributed by atoms with E-state index >= 15 is 0 Å². The third kappa shape index (κ3) is 3.24. The number of benzene rings is 1. The highest BCUT2D eigenvalue weighted by Gasteiger charge is 2.38. The Morgan fingerprint density at radius 1 is 1.26 bits per heavy atom. The highest BCUT2D eigenvalue weighted by Crippen LogP contribution is 2.41. The molecule has 4 rings (SSSR count). The fraction of sp³-hybridized carbons (Fsp3) is 0.0526. The summed E-state index contributed by atoms with van der Waals surface area (Å²) in [5, 5.41) is 20.0. The first-order valence-electron chi connectivity index (χ1n) is 7.88. The molecule has 1 fully saturated rings. The average Bonchev–Trinajstić information content (AvgIpc) is 3.37. The monoisotopic (exact) mass is 396 g/mol. The standard InChI is InChI=1S/C19H12N2O4S2/c20-17-15(18-21-7-8-26-18)16(22)14(27-17)9-10-5-6-13(25-10)11-3-1-2-4-12(11)19(23)24/h1-9,15,20H,(H,23,24)/b14-9-,20-17?/t15-/m1/s1. The molecule has 1 aliphatic heterocycles. The van der Waals surface area contributed by atoms with E-state index < -0.39 is 11.9 Å². The zero-order valence-electron chi connectivity index (χ0n) is 13.7. The third-order valence-electron chi connectivity index (χ3n) is 4.01. The second kappa shape index (κ2) is 6.98. The Hall–Kier alpha value is -2.97. The van der Waals surface area contributed by atoms with Crippen LogP contribution in [0.4, 0.5) is 0 Å². The largest absolute Gasteiger partial charge is 0.478 e. The highest BCUT2D eigenvalue weighted by atomic mass is 32.2. The van der Waals surface area contributed by atoms with Crippen molar-refractivity contribution in [1.29, 1.82) is 5.41 Å². The molecule has 8 heteroatoms. The number of carbonyl (C=O) groups is 2. The lowest BCUT2D eigenvalue weighted by Gasteiger charge is -2.02. The van der Waals surface area contributed by atoms with Crippen molar-refractivity contribution < 1.29 is 19.1 Å². The number of rotatable bonds is 4. The van der Waals surface area contributed by atoms with E-state index in [4.69, 9.17) is 9.83 Å². The summed E-state index contributed by atoms with van der Waals surface area (Å²) in [7, 11) is 0. The van der Waals surface area contributed by atoms with Crippen LogP contribution >= 0.6 is 23.1 Å². The Labute approximate surface area is 162 Å². The molecule has 6 nitrogen and oxygen atoms in total. The minimum absolute atomic E-state index is 0.142. The summed E-state index contributed by atoms with van der Waals surface area (Å²) in [6.07, 6.45) is 3.20. The number of hydrogen-bond acceptors (Lipinski definition) is 7. The molecule has 0 aliphatic carbocycles. The molecule has 134 valence electrons. The van der Waals surface area contributed by atoms with Gasteiger partial charge in [-0.1, -0.05) is 30.0 Å². The maximum absolute atomic E-state index is 12.7. The van der Waals surface area contributed by atoms with E-state index in [1.165, 1.54) is 17.4 Å². The molecule has 0 saturated carbocycles. The van der Waals surface area contributed by atoms with E-state index in [1.807, 2.05) is 0 Å². The van der Waals surface area contributed by atoms with Gasteiger partial charge in [0.1, 0.15) is 22.4 Å². The van der Waals surface area contributed by atoms with Crippen molar-refractivity contribution in [3.05, 3.63) is 69.2 Å². The molecule has 0 radical (unpaired) electrons. The molecule has 1 saturated heterocycles. The Bertz CT molecular complexity index is 1080. The topological polar surface area (TPSA) is 104 Å². The van der Waals surface area contributed by atoms with E-state index in [1.54, 1.807) is 48.0 Å². The molecule has 2 N–H and O–H groups in total. The van der Waals surface area contributed by atoms with Gasteiger partial charge in [-0.15, -0.1) is 11.3 Å². The first-order chi connectivity index (χ1) is 13.0. The van der Waals surface area contributed by atoms with Crippen LogP contribution in [0, 0.1) is 5.41 Å². The fourth-order valence-corrected chi connectivity index (χ4v) is 4.57. The van der Waals surface area contributed by atoms with Crippen molar-refractivity contribution in [2.45, 2.75) is 5.92 Å². The lowest BCUT2D eigenvalue weighted by atomic mass is 10.1. The van der Waals surface area contributed by atoms with Gasteiger partial charge in [-0.3, -0.25) is 10.2 Å². The van der Waals surface area contributed by atoms with Gasteiger partial charge in [-0.2, -0.15) is 0 Å². The molecule has 1 atom stereocenters. The number of nitrogens with one attached hydrogen (secondary N) is 1. The predicted molar refractivity (Wildman–Crippen MR) is 104 cm³/mol. The Balaban J connectivity index is 1.64. The van der Waals surface area contributed by atoms with E-state index in [9.17, 15) is 14.7 Å². The van der Waals surface area contributed by atoms with Crippen molar-refractivity contribution in [3.8, 4) is 11.3 Å². The number of thiazole rings is 1. The van der Waals surface area contributed by atoms with Crippen LogP contribution in [0.15, 0.2) is 57.3 Å².